The molecule has 8 nitrogen and oxygen atoms in total. The van der Waals surface area contributed by atoms with Gasteiger partial charge in [0.25, 0.3) is 0 Å². The number of piperidine rings is 2. The molecule has 1 N–H and O–H groups in total. The number of nitrogens with zero attached hydrogens (tertiary/aromatic N) is 2. The summed E-state index contributed by atoms with van der Waals surface area (Å²) in [6, 6.07) is 12.5. The maximum Gasteiger partial charge on any atom is 0.227 e. The number of ether oxygens (including phenoxy) is 3. The summed E-state index contributed by atoms with van der Waals surface area (Å²) in [7, 11) is 4.79. The van der Waals surface area contributed by atoms with E-state index in [1.54, 1.807) is 26.2 Å². The molecule has 2 heterocycles. The third-order valence-corrected chi connectivity index (χ3v) is 7.93. The number of anilines is 1. The normalized spacial score (nSPS) is 23.8. The molecule has 39 heavy (non-hydrogen) atoms. The van der Waals surface area contributed by atoms with Crippen LogP contribution in [0.25, 0.3) is 0 Å². The minimum Gasteiger partial charge on any atom is -0.497 e. The molecule has 0 saturated carbocycles. The van der Waals surface area contributed by atoms with E-state index >= 15 is 0 Å². The van der Waals surface area contributed by atoms with Crippen LogP contribution in [0, 0.1) is 17.8 Å². The Kier molecular flexibility index (Phi) is 9.73. The summed E-state index contributed by atoms with van der Waals surface area (Å²) in [5.41, 5.74) is 1.55. The first-order valence-corrected chi connectivity index (χ1v) is 14.0. The number of nitrogens with one attached hydrogen (secondary N) is 1. The van der Waals surface area contributed by atoms with Crippen molar-refractivity contribution in [2.75, 3.05) is 52.4 Å². The van der Waals surface area contributed by atoms with Crippen LogP contribution in [0.15, 0.2) is 42.5 Å². The molecule has 2 aliphatic rings. The Morgan fingerprint density at radius 1 is 0.949 bits per heavy atom. The number of hydrogen-bond donors (Lipinski definition) is 1. The molecule has 2 amide bonds. The van der Waals surface area contributed by atoms with Crippen LogP contribution in [0.3, 0.4) is 0 Å². The summed E-state index contributed by atoms with van der Waals surface area (Å²) < 4.78 is 16.3. The van der Waals surface area contributed by atoms with E-state index in [-0.39, 0.29) is 11.8 Å². The van der Waals surface area contributed by atoms with Gasteiger partial charge in [-0.3, -0.25) is 9.59 Å². The molecule has 2 aromatic carbocycles. The lowest BCUT2D eigenvalue weighted by atomic mass is 9.83. The van der Waals surface area contributed by atoms with Gasteiger partial charge in [-0.15, -0.1) is 0 Å². The van der Waals surface area contributed by atoms with Gasteiger partial charge in [-0.2, -0.15) is 0 Å². The van der Waals surface area contributed by atoms with E-state index in [1.165, 1.54) is 6.42 Å². The molecule has 0 unspecified atom stereocenters. The van der Waals surface area contributed by atoms with E-state index in [2.05, 4.69) is 24.1 Å². The number of methoxy groups -OCH3 is 3. The third kappa shape index (κ3) is 6.85. The second-order valence-corrected chi connectivity index (χ2v) is 11.0. The fourth-order valence-corrected chi connectivity index (χ4v) is 6.25. The number of rotatable bonds is 10. The molecule has 2 aliphatic heterocycles. The van der Waals surface area contributed by atoms with Gasteiger partial charge in [0.05, 0.1) is 33.3 Å². The zero-order valence-electron chi connectivity index (χ0n) is 23.9. The van der Waals surface area contributed by atoms with Crippen LogP contribution in [0.1, 0.15) is 51.1 Å². The molecule has 212 valence electrons. The maximum atomic E-state index is 13.7. The predicted octanol–water partition coefficient (Wildman–Crippen LogP) is 4.68. The quantitative estimate of drug-likeness (QED) is 0.444. The first kappa shape index (κ1) is 28.7. The molecule has 0 aliphatic carbocycles. The van der Waals surface area contributed by atoms with E-state index in [0.717, 1.165) is 37.3 Å². The SMILES string of the molecule is COc1ccc(N2C(=O)CC[C@H](C(=O)NCCCN3C[C@H](C)C[C@H](C)C3)[C@H]2c2ccc(OC)c(OC)c2)cc1. The van der Waals surface area contributed by atoms with Crippen molar-refractivity contribution >= 4 is 17.5 Å². The molecule has 0 aromatic heterocycles. The van der Waals surface area contributed by atoms with Gasteiger partial charge in [0.1, 0.15) is 5.75 Å². The monoisotopic (exact) mass is 537 g/mol. The summed E-state index contributed by atoms with van der Waals surface area (Å²) in [5.74, 6) is 2.85. The fraction of sp³-hybridized carbons (Fsp3) is 0.548. The van der Waals surface area contributed by atoms with Crippen LogP contribution in [0.4, 0.5) is 5.69 Å². The summed E-state index contributed by atoms with van der Waals surface area (Å²) in [6.45, 7) is 8.48. The van der Waals surface area contributed by atoms with Crippen molar-refractivity contribution in [3.63, 3.8) is 0 Å². The van der Waals surface area contributed by atoms with E-state index in [1.807, 2.05) is 42.5 Å². The van der Waals surface area contributed by atoms with E-state index < -0.39 is 12.0 Å². The zero-order valence-corrected chi connectivity index (χ0v) is 23.9. The van der Waals surface area contributed by atoms with E-state index in [0.29, 0.717) is 48.5 Å². The number of amides is 2. The van der Waals surface area contributed by atoms with Crippen molar-refractivity contribution < 1.29 is 23.8 Å². The predicted molar refractivity (Wildman–Crippen MR) is 153 cm³/mol. The van der Waals surface area contributed by atoms with Crippen LogP contribution in [0.2, 0.25) is 0 Å². The van der Waals surface area contributed by atoms with E-state index in [4.69, 9.17) is 14.2 Å². The number of likely N-dealkylation sites (tertiary alicyclic amines) is 1. The van der Waals surface area contributed by atoms with Crippen LogP contribution in [0.5, 0.6) is 17.2 Å². The smallest absolute Gasteiger partial charge is 0.227 e. The first-order chi connectivity index (χ1) is 18.8. The van der Waals surface area contributed by atoms with Gasteiger partial charge in [0, 0.05) is 31.7 Å². The fourth-order valence-electron chi connectivity index (χ4n) is 6.25. The van der Waals surface area contributed by atoms with Gasteiger partial charge < -0.3 is 29.3 Å². The van der Waals surface area contributed by atoms with Gasteiger partial charge in [-0.1, -0.05) is 19.9 Å². The highest BCUT2D eigenvalue weighted by molar-refractivity contribution is 5.97. The van der Waals surface area contributed by atoms with Gasteiger partial charge in [0.2, 0.25) is 11.8 Å². The van der Waals surface area contributed by atoms with Crippen LogP contribution in [-0.2, 0) is 9.59 Å². The van der Waals surface area contributed by atoms with Crippen LogP contribution < -0.4 is 24.4 Å². The highest BCUT2D eigenvalue weighted by atomic mass is 16.5. The van der Waals surface area contributed by atoms with E-state index in [9.17, 15) is 9.59 Å². The number of benzene rings is 2. The molecule has 0 bridgehead atoms. The van der Waals surface area contributed by atoms with Crippen molar-refractivity contribution in [1.82, 2.24) is 10.2 Å². The Morgan fingerprint density at radius 3 is 2.28 bits per heavy atom. The molecule has 4 rings (SSSR count). The van der Waals surface area contributed by atoms with Crippen molar-refractivity contribution in [2.45, 2.75) is 45.6 Å². The summed E-state index contributed by atoms with van der Waals surface area (Å²) in [4.78, 5) is 31.3. The summed E-state index contributed by atoms with van der Waals surface area (Å²) in [5, 5.41) is 3.19. The molecule has 2 saturated heterocycles. The second kappa shape index (κ2) is 13.2. The molecule has 8 heteroatoms. The number of carbonyl (C=O) groups is 2. The Balaban J connectivity index is 1.55. The van der Waals surface area contributed by atoms with Crippen LogP contribution >= 0.6 is 0 Å². The molecule has 0 radical (unpaired) electrons. The Morgan fingerprint density at radius 2 is 1.64 bits per heavy atom. The minimum absolute atomic E-state index is 0.0164. The maximum absolute atomic E-state index is 13.7. The van der Waals surface area contributed by atoms with Gasteiger partial charge in [-0.25, -0.2) is 0 Å². The van der Waals surface area contributed by atoms with Crippen molar-refractivity contribution in [3.05, 3.63) is 48.0 Å². The van der Waals surface area contributed by atoms with Gasteiger partial charge in [-0.05, 0) is 79.6 Å². The largest absolute Gasteiger partial charge is 0.497 e. The lowest BCUT2D eigenvalue weighted by molar-refractivity contribution is -0.129. The summed E-state index contributed by atoms with van der Waals surface area (Å²) in [6.07, 6.45) is 2.98. The second-order valence-electron chi connectivity index (χ2n) is 11.0. The minimum atomic E-state index is -0.483. The topological polar surface area (TPSA) is 80.3 Å². The third-order valence-electron chi connectivity index (χ3n) is 7.93. The van der Waals surface area contributed by atoms with Gasteiger partial charge >= 0.3 is 0 Å². The lowest BCUT2D eigenvalue weighted by Gasteiger charge is -2.41. The molecular formula is C31H43N3O5. The highest BCUT2D eigenvalue weighted by Gasteiger charge is 2.41. The Labute approximate surface area is 232 Å². The summed E-state index contributed by atoms with van der Waals surface area (Å²) >= 11 is 0. The Bertz CT molecular complexity index is 1110. The van der Waals surface area contributed by atoms with Crippen LogP contribution in [-0.4, -0.2) is 64.2 Å². The molecule has 2 fully saturated rings. The zero-order chi connectivity index (χ0) is 27.9. The highest BCUT2D eigenvalue weighted by Crippen LogP contribution is 2.42. The van der Waals surface area contributed by atoms with Crippen molar-refractivity contribution in [2.24, 2.45) is 17.8 Å². The van der Waals surface area contributed by atoms with Crippen molar-refractivity contribution in [3.8, 4) is 17.2 Å². The number of carbonyl (C=O) groups excluding carboxylic acids is 2. The standard InChI is InChI=1S/C31H43N3O5/c1-21-17-22(2)20-33(19-21)16-6-15-32-31(36)26-12-14-29(35)34(24-8-10-25(37-3)11-9-24)30(26)23-7-13-27(38-4)28(18-23)39-5/h7-11,13,18,21-22,26,30H,6,12,14-17,19-20H2,1-5H3,(H,32,36)/t21-,22+,26-,30+/m0/s1. The molecular weight excluding hydrogens is 494 g/mol. The Hall–Kier alpha value is -3.26. The average molecular weight is 538 g/mol. The average Bonchev–Trinajstić information content (AvgIpc) is 2.94. The van der Waals surface area contributed by atoms with Gasteiger partial charge in [0.15, 0.2) is 11.5 Å². The number of hydrogen-bond acceptors (Lipinski definition) is 6. The molecule has 0 spiro atoms. The molecule has 4 atom stereocenters. The van der Waals surface area contributed by atoms with Crippen molar-refractivity contribution in [1.29, 1.82) is 0 Å². The lowest BCUT2D eigenvalue weighted by Crippen LogP contribution is -2.48. The first-order valence-electron chi connectivity index (χ1n) is 14.0. The molecule has 2 aromatic rings.